The Hall–Kier alpha value is -1.91. The Morgan fingerprint density at radius 2 is 2.04 bits per heavy atom. The molecule has 1 aromatic rings. The van der Waals surface area contributed by atoms with E-state index in [2.05, 4.69) is 0 Å². The van der Waals surface area contributed by atoms with Crippen molar-refractivity contribution in [2.45, 2.75) is 51.5 Å². The molecule has 0 aromatic heterocycles. The second kappa shape index (κ2) is 7.32. The van der Waals surface area contributed by atoms with Crippen LogP contribution < -0.4 is 0 Å². The molecule has 2 aliphatic heterocycles. The van der Waals surface area contributed by atoms with E-state index in [0.717, 1.165) is 43.4 Å². The third-order valence-electron chi connectivity index (χ3n) is 5.23. The van der Waals surface area contributed by atoms with E-state index in [1.54, 1.807) is 0 Å². The molecule has 1 aromatic carbocycles. The van der Waals surface area contributed by atoms with E-state index in [-0.39, 0.29) is 23.7 Å². The summed E-state index contributed by atoms with van der Waals surface area (Å²) < 4.78 is 13.5. The molecule has 0 radical (unpaired) electrons. The third kappa shape index (κ3) is 3.60. The number of nitrogens with zero attached hydrogens (tertiary/aromatic N) is 2. The Morgan fingerprint density at radius 1 is 1.21 bits per heavy atom. The molecule has 2 amide bonds. The summed E-state index contributed by atoms with van der Waals surface area (Å²) in [5, 5.41) is 0. The zero-order valence-corrected chi connectivity index (χ0v) is 14.3. The lowest BCUT2D eigenvalue weighted by atomic mass is 9.93. The average molecular weight is 332 g/mol. The molecule has 1 saturated heterocycles. The summed E-state index contributed by atoms with van der Waals surface area (Å²) in [5.74, 6) is -0.0427. The number of likely N-dealkylation sites (tertiary alicyclic amines) is 1. The van der Waals surface area contributed by atoms with Crippen LogP contribution in [0.3, 0.4) is 0 Å². The highest BCUT2D eigenvalue weighted by molar-refractivity contribution is 5.79. The lowest BCUT2D eigenvalue weighted by Crippen LogP contribution is -2.41. The van der Waals surface area contributed by atoms with Gasteiger partial charge in [0, 0.05) is 32.5 Å². The number of halogens is 1. The number of carbonyl (C=O) groups is 2. The third-order valence-corrected chi connectivity index (χ3v) is 5.23. The van der Waals surface area contributed by atoms with Gasteiger partial charge in [0.25, 0.3) is 0 Å². The van der Waals surface area contributed by atoms with Gasteiger partial charge in [-0.3, -0.25) is 9.59 Å². The maximum Gasteiger partial charge on any atom is 0.224 e. The fraction of sp³-hybridized carbons (Fsp3) is 0.579. The largest absolute Gasteiger partial charge is 0.342 e. The molecule has 0 saturated carbocycles. The standard InChI is InChI=1S/C19H25FN2O2/c1-14-17-13-16(20)7-6-15(17)8-12-22(14)19(24)9-11-21-10-4-2-3-5-18(21)23/h6-7,13-14H,2-5,8-12H2,1H3. The molecule has 1 unspecified atom stereocenters. The van der Waals surface area contributed by atoms with Gasteiger partial charge in [0.2, 0.25) is 11.8 Å². The topological polar surface area (TPSA) is 40.6 Å². The number of hydrogen-bond donors (Lipinski definition) is 0. The van der Waals surface area contributed by atoms with Crippen LogP contribution in [0.5, 0.6) is 0 Å². The minimum absolute atomic E-state index is 0.0504. The summed E-state index contributed by atoms with van der Waals surface area (Å²) in [7, 11) is 0. The number of carbonyl (C=O) groups excluding carboxylic acids is 2. The van der Waals surface area contributed by atoms with E-state index in [0.29, 0.717) is 25.9 Å². The van der Waals surface area contributed by atoms with Gasteiger partial charge in [-0.2, -0.15) is 0 Å². The van der Waals surface area contributed by atoms with Crippen LogP contribution in [0.25, 0.3) is 0 Å². The number of fused-ring (bicyclic) bond motifs is 1. The first-order valence-corrected chi connectivity index (χ1v) is 8.92. The summed E-state index contributed by atoms with van der Waals surface area (Å²) in [6.45, 7) is 3.87. The van der Waals surface area contributed by atoms with Gasteiger partial charge in [-0.1, -0.05) is 12.5 Å². The van der Waals surface area contributed by atoms with E-state index in [4.69, 9.17) is 0 Å². The monoisotopic (exact) mass is 332 g/mol. The van der Waals surface area contributed by atoms with Crippen molar-refractivity contribution in [2.24, 2.45) is 0 Å². The molecule has 3 rings (SSSR count). The number of benzene rings is 1. The van der Waals surface area contributed by atoms with Gasteiger partial charge in [0.15, 0.2) is 0 Å². The predicted molar refractivity (Wildman–Crippen MR) is 89.9 cm³/mol. The molecular weight excluding hydrogens is 307 g/mol. The Balaban J connectivity index is 1.62. The van der Waals surface area contributed by atoms with E-state index in [1.807, 2.05) is 22.8 Å². The zero-order valence-electron chi connectivity index (χ0n) is 14.3. The second-order valence-electron chi connectivity index (χ2n) is 6.80. The van der Waals surface area contributed by atoms with E-state index in [9.17, 15) is 14.0 Å². The van der Waals surface area contributed by atoms with Gasteiger partial charge in [0.05, 0.1) is 6.04 Å². The Morgan fingerprint density at radius 3 is 2.88 bits per heavy atom. The van der Waals surface area contributed by atoms with Crippen molar-refractivity contribution in [1.29, 1.82) is 0 Å². The smallest absolute Gasteiger partial charge is 0.224 e. The van der Waals surface area contributed by atoms with Crippen LogP contribution in [-0.2, 0) is 16.0 Å². The first kappa shape index (κ1) is 16.9. The summed E-state index contributed by atoms with van der Waals surface area (Å²) >= 11 is 0. The highest BCUT2D eigenvalue weighted by atomic mass is 19.1. The highest BCUT2D eigenvalue weighted by Gasteiger charge is 2.28. The van der Waals surface area contributed by atoms with Crippen molar-refractivity contribution in [3.63, 3.8) is 0 Å². The Bertz CT molecular complexity index is 632. The molecule has 2 aliphatic rings. The molecule has 1 atom stereocenters. The molecule has 0 bridgehead atoms. The van der Waals surface area contributed by atoms with Crippen LogP contribution in [0.1, 0.15) is 56.2 Å². The van der Waals surface area contributed by atoms with Crippen molar-refractivity contribution < 1.29 is 14.0 Å². The minimum Gasteiger partial charge on any atom is -0.342 e. The number of hydrogen-bond acceptors (Lipinski definition) is 2. The summed E-state index contributed by atoms with van der Waals surface area (Å²) in [4.78, 5) is 28.3. The van der Waals surface area contributed by atoms with E-state index < -0.39 is 0 Å². The first-order valence-electron chi connectivity index (χ1n) is 8.92. The quantitative estimate of drug-likeness (QED) is 0.853. The molecule has 24 heavy (non-hydrogen) atoms. The van der Waals surface area contributed by atoms with Crippen LogP contribution in [0.4, 0.5) is 4.39 Å². The van der Waals surface area contributed by atoms with Gasteiger partial charge in [-0.05, 0) is 49.4 Å². The molecule has 1 fully saturated rings. The van der Waals surface area contributed by atoms with Gasteiger partial charge in [0.1, 0.15) is 5.82 Å². The molecule has 5 heteroatoms. The zero-order chi connectivity index (χ0) is 17.1. The maximum absolute atomic E-state index is 13.5. The maximum atomic E-state index is 13.5. The molecule has 4 nitrogen and oxygen atoms in total. The molecular formula is C19H25FN2O2. The van der Waals surface area contributed by atoms with Gasteiger partial charge < -0.3 is 9.80 Å². The second-order valence-corrected chi connectivity index (χ2v) is 6.80. The predicted octanol–water partition coefficient (Wildman–Crippen LogP) is 3.06. The molecule has 2 heterocycles. The van der Waals surface area contributed by atoms with Crippen molar-refractivity contribution in [1.82, 2.24) is 9.80 Å². The van der Waals surface area contributed by atoms with Crippen LogP contribution in [-0.4, -0.2) is 41.2 Å². The van der Waals surface area contributed by atoms with Crippen molar-refractivity contribution in [3.8, 4) is 0 Å². The SMILES string of the molecule is CC1c2cc(F)ccc2CCN1C(=O)CCN1CCCCCC1=O. The van der Waals surface area contributed by atoms with Crippen LogP contribution >= 0.6 is 0 Å². The molecule has 0 spiro atoms. The molecule has 130 valence electrons. The normalized spacial score (nSPS) is 21.4. The van der Waals surface area contributed by atoms with Crippen LogP contribution in [0.2, 0.25) is 0 Å². The van der Waals surface area contributed by atoms with Gasteiger partial charge >= 0.3 is 0 Å². The molecule has 0 aliphatic carbocycles. The van der Waals surface area contributed by atoms with E-state index in [1.165, 1.54) is 12.1 Å². The van der Waals surface area contributed by atoms with Gasteiger partial charge in [-0.15, -0.1) is 0 Å². The van der Waals surface area contributed by atoms with E-state index >= 15 is 0 Å². The summed E-state index contributed by atoms with van der Waals surface area (Å²) in [6.07, 6.45) is 4.76. The fourth-order valence-electron chi connectivity index (χ4n) is 3.77. The minimum atomic E-state index is -0.259. The highest BCUT2D eigenvalue weighted by Crippen LogP contribution is 2.30. The first-order chi connectivity index (χ1) is 11.6. The molecule has 0 N–H and O–H groups in total. The fourth-order valence-corrected chi connectivity index (χ4v) is 3.77. The lowest BCUT2D eigenvalue weighted by Gasteiger charge is -2.36. The summed E-state index contributed by atoms with van der Waals surface area (Å²) in [5.41, 5.74) is 2.02. The lowest BCUT2D eigenvalue weighted by molar-refractivity contribution is -0.135. The Kier molecular flexibility index (Phi) is 5.17. The summed E-state index contributed by atoms with van der Waals surface area (Å²) in [6, 6.07) is 4.72. The number of amides is 2. The van der Waals surface area contributed by atoms with Crippen molar-refractivity contribution in [3.05, 3.63) is 35.1 Å². The average Bonchev–Trinajstić information content (AvgIpc) is 2.78. The van der Waals surface area contributed by atoms with Crippen molar-refractivity contribution >= 4 is 11.8 Å². The van der Waals surface area contributed by atoms with Crippen LogP contribution in [0, 0.1) is 5.82 Å². The van der Waals surface area contributed by atoms with Crippen LogP contribution in [0.15, 0.2) is 18.2 Å². The number of rotatable bonds is 3. The van der Waals surface area contributed by atoms with Gasteiger partial charge in [-0.25, -0.2) is 4.39 Å². The van der Waals surface area contributed by atoms with Crippen molar-refractivity contribution in [2.75, 3.05) is 19.6 Å². The Labute approximate surface area is 142 Å².